The van der Waals surface area contributed by atoms with Crippen molar-refractivity contribution in [1.29, 1.82) is 0 Å². The number of benzene rings is 2. The minimum absolute atomic E-state index is 0.184. The Morgan fingerprint density at radius 1 is 1.00 bits per heavy atom. The largest absolute Gasteiger partial charge is 0.321 e. The van der Waals surface area contributed by atoms with Gasteiger partial charge in [-0.15, -0.1) is 0 Å². The number of nitrogens with one attached hydrogen (secondary N) is 1. The number of rotatable bonds is 2. The van der Waals surface area contributed by atoms with Crippen molar-refractivity contribution < 1.29 is 4.79 Å². The lowest BCUT2D eigenvalue weighted by Crippen LogP contribution is -2.14. The van der Waals surface area contributed by atoms with Gasteiger partial charge in [-0.3, -0.25) is 4.79 Å². The molecule has 0 aliphatic carbocycles. The van der Waals surface area contributed by atoms with Crippen LogP contribution in [0.15, 0.2) is 60.7 Å². The molecule has 3 heteroatoms. The molecule has 1 amide bonds. The maximum absolute atomic E-state index is 12.4. The highest BCUT2D eigenvalue weighted by Gasteiger charge is 2.12. The molecule has 0 saturated heterocycles. The van der Waals surface area contributed by atoms with Crippen LogP contribution < -0.4 is 5.32 Å². The highest BCUT2D eigenvalue weighted by atomic mass is 16.1. The maximum atomic E-state index is 12.4. The summed E-state index contributed by atoms with van der Waals surface area (Å²) in [6.45, 7) is 1.89. The number of para-hydroxylation sites is 1. The number of fused-ring (bicyclic) bond motifs is 1. The van der Waals surface area contributed by atoms with Crippen molar-refractivity contribution in [2.45, 2.75) is 6.92 Å². The summed E-state index contributed by atoms with van der Waals surface area (Å²) in [7, 11) is 0. The van der Waals surface area contributed by atoms with Crippen molar-refractivity contribution in [2.75, 3.05) is 5.32 Å². The molecule has 0 bridgehead atoms. The van der Waals surface area contributed by atoms with E-state index < -0.39 is 0 Å². The highest BCUT2D eigenvalue weighted by Crippen LogP contribution is 2.19. The van der Waals surface area contributed by atoms with Gasteiger partial charge >= 0.3 is 0 Å². The monoisotopic (exact) mass is 262 g/mol. The Bertz CT molecular complexity index is 766. The van der Waals surface area contributed by atoms with E-state index in [1.54, 1.807) is 0 Å². The van der Waals surface area contributed by atoms with E-state index in [1.807, 2.05) is 67.6 Å². The second kappa shape index (κ2) is 5.13. The van der Waals surface area contributed by atoms with Gasteiger partial charge in [-0.05, 0) is 30.5 Å². The van der Waals surface area contributed by atoms with Gasteiger partial charge in [0.1, 0.15) is 5.69 Å². The van der Waals surface area contributed by atoms with Gasteiger partial charge in [0.05, 0.1) is 0 Å². The second-order valence-electron chi connectivity index (χ2n) is 4.65. The molecule has 1 aromatic heterocycles. The predicted molar refractivity (Wildman–Crippen MR) is 80.9 cm³/mol. The van der Waals surface area contributed by atoms with Crippen LogP contribution in [0.1, 0.15) is 16.2 Å². The summed E-state index contributed by atoms with van der Waals surface area (Å²) in [5.41, 5.74) is 2.07. The second-order valence-corrected chi connectivity index (χ2v) is 4.65. The fraction of sp³-hybridized carbons (Fsp3) is 0.0588. The number of anilines is 1. The van der Waals surface area contributed by atoms with E-state index in [0.717, 1.165) is 22.2 Å². The molecule has 3 rings (SSSR count). The SMILES string of the molecule is Cc1cc2ccccc2c(C(=O)Nc2ccccc2)n1. The van der Waals surface area contributed by atoms with E-state index >= 15 is 0 Å². The van der Waals surface area contributed by atoms with Crippen LogP contribution >= 0.6 is 0 Å². The zero-order chi connectivity index (χ0) is 13.9. The number of nitrogens with zero attached hydrogens (tertiary/aromatic N) is 1. The Hall–Kier alpha value is -2.68. The molecule has 20 heavy (non-hydrogen) atoms. The van der Waals surface area contributed by atoms with E-state index in [4.69, 9.17) is 0 Å². The average molecular weight is 262 g/mol. The first kappa shape index (κ1) is 12.4. The number of aryl methyl sites for hydroxylation is 1. The minimum Gasteiger partial charge on any atom is -0.321 e. The van der Waals surface area contributed by atoms with Crippen LogP contribution in [0, 0.1) is 6.92 Å². The molecule has 0 unspecified atom stereocenters. The molecule has 0 fully saturated rings. The summed E-state index contributed by atoms with van der Waals surface area (Å²) in [6, 6.07) is 19.2. The fourth-order valence-corrected chi connectivity index (χ4v) is 2.22. The van der Waals surface area contributed by atoms with Crippen molar-refractivity contribution >= 4 is 22.4 Å². The van der Waals surface area contributed by atoms with Gasteiger partial charge in [0, 0.05) is 16.8 Å². The quantitative estimate of drug-likeness (QED) is 0.763. The van der Waals surface area contributed by atoms with Crippen LogP contribution in [-0.2, 0) is 0 Å². The molecular formula is C17H14N2O. The molecule has 0 aliphatic heterocycles. The summed E-state index contributed by atoms with van der Waals surface area (Å²) < 4.78 is 0. The van der Waals surface area contributed by atoms with Crippen LogP contribution in [0.5, 0.6) is 0 Å². The summed E-state index contributed by atoms with van der Waals surface area (Å²) in [6.07, 6.45) is 0. The highest BCUT2D eigenvalue weighted by molar-refractivity contribution is 6.11. The standard InChI is InChI=1S/C17H14N2O/c1-12-11-13-7-5-6-10-15(13)16(18-12)17(20)19-14-8-3-2-4-9-14/h2-11H,1H3,(H,19,20). The zero-order valence-corrected chi connectivity index (χ0v) is 11.1. The molecule has 0 aliphatic rings. The number of aromatic nitrogens is 1. The fourth-order valence-electron chi connectivity index (χ4n) is 2.22. The minimum atomic E-state index is -0.184. The molecule has 0 saturated carbocycles. The van der Waals surface area contributed by atoms with Gasteiger partial charge in [-0.25, -0.2) is 4.98 Å². The maximum Gasteiger partial charge on any atom is 0.274 e. The van der Waals surface area contributed by atoms with E-state index in [1.165, 1.54) is 0 Å². The molecule has 3 nitrogen and oxygen atoms in total. The van der Waals surface area contributed by atoms with Gasteiger partial charge < -0.3 is 5.32 Å². The third kappa shape index (κ3) is 2.38. The van der Waals surface area contributed by atoms with Gasteiger partial charge in [0.25, 0.3) is 5.91 Å². The Morgan fingerprint density at radius 3 is 2.50 bits per heavy atom. The van der Waals surface area contributed by atoms with E-state index in [9.17, 15) is 4.79 Å². The molecule has 0 spiro atoms. The molecular weight excluding hydrogens is 248 g/mol. The number of carbonyl (C=O) groups is 1. The lowest BCUT2D eigenvalue weighted by atomic mass is 10.1. The number of pyridine rings is 1. The summed E-state index contributed by atoms with van der Waals surface area (Å²) in [5.74, 6) is -0.184. The van der Waals surface area contributed by atoms with Crippen molar-refractivity contribution in [3.63, 3.8) is 0 Å². The average Bonchev–Trinajstić information content (AvgIpc) is 2.47. The van der Waals surface area contributed by atoms with Gasteiger partial charge in [-0.1, -0.05) is 42.5 Å². The van der Waals surface area contributed by atoms with Crippen molar-refractivity contribution in [1.82, 2.24) is 4.98 Å². The normalized spacial score (nSPS) is 10.4. The number of amides is 1. The first-order valence-electron chi connectivity index (χ1n) is 6.47. The third-order valence-electron chi connectivity index (χ3n) is 3.12. The first-order chi connectivity index (χ1) is 9.74. The predicted octanol–water partition coefficient (Wildman–Crippen LogP) is 3.80. The Labute approximate surface area is 117 Å². The number of hydrogen-bond donors (Lipinski definition) is 1. The van der Waals surface area contributed by atoms with E-state index in [-0.39, 0.29) is 5.91 Å². The van der Waals surface area contributed by atoms with Crippen molar-refractivity contribution in [3.05, 3.63) is 72.1 Å². The van der Waals surface area contributed by atoms with Crippen molar-refractivity contribution in [2.24, 2.45) is 0 Å². The number of hydrogen-bond acceptors (Lipinski definition) is 2. The molecule has 0 atom stereocenters. The summed E-state index contributed by atoms with van der Waals surface area (Å²) in [5, 5.41) is 4.77. The third-order valence-corrected chi connectivity index (χ3v) is 3.12. The van der Waals surface area contributed by atoms with Crippen LogP contribution in [0.2, 0.25) is 0 Å². The molecule has 3 aromatic rings. The Balaban J connectivity index is 2.03. The zero-order valence-electron chi connectivity index (χ0n) is 11.1. The number of carbonyl (C=O) groups excluding carboxylic acids is 1. The lowest BCUT2D eigenvalue weighted by Gasteiger charge is -2.08. The van der Waals surface area contributed by atoms with Crippen LogP contribution in [-0.4, -0.2) is 10.9 Å². The lowest BCUT2D eigenvalue weighted by molar-refractivity contribution is 0.102. The molecule has 98 valence electrons. The van der Waals surface area contributed by atoms with E-state index in [2.05, 4.69) is 10.3 Å². The summed E-state index contributed by atoms with van der Waals surface area (Å²) >= 11 is 0. The smallest absolute Gasteiger partial charge is 0.274 e. The topological polar surface area (TPSA) is 42.0 Å². The molecule has 1 heterocycles. The molecule has 2 aromatic carbocycles. The Morgan fingerprint density at radius 2 is 1.70 bits per heavy atom. The van der Waals surface area contributed by atoms with Crippen LogP contribution in [0.3, 0.4) is 0 Å². The van der Waals surface area contributed by atoms with Crippen LogP contribution in [0.4, 0.5) is 5.69 Å². The molecule has 0 radical (unpaired) electrons. The van der Waals surface area contributed by atoms with E-state index in [0.29, 0.717) is 5.69 Å². The first-order valence-corrected chi connectivity index (χ1v) is 6.47. The molecule has 1 N–H and O–H groups in total. The van der Waals surface area contributed by atoms with Gasteiger partial charge in [-0.2, -0.15) is 0 Å². The summed E-state index contributed by atoms with van der Waals surface area (Å²) in [4.78, 5) is 16.8. The Kier molecular flexibility index (Phi) is 3.17. The van der Waals surface area contributed by atoms with Crippen LogP contribution in [0.25, 0.3) is 10.8 Å². The van der Waals surface area contributed by atoms with Gasteiger partial charge in [0.2, 0.25) is 0 Å². The van der Waals surface area contributed by atoms with Gasteiger partial charge in [0.15, 0.2) is 0 Å². The van der Waals surface area contributed by atoms with Crippen molar-refractivity contribution in [3.8, 4) is 0 Å².